The minimum absolute atomic E-state index is 0.0963. The number of allylic oxidation sites excluding steroid dienone is 1. The van der Waals surface area contributed by atoms with Crippen molar-refractivity contribution < 1.29 is 13.2 Å². The lowest BCUT2D eigenvalue weighted by atomic mass is 10.1. The topological polar surface area (TPSA) is 54.5 Å². The Kier molecular flexibility index (Phi) is 5.80. The molecule has 0 N–H and O–H groups in total. The van der Waals surface area contributed by atoms with Crippen LogP contribution in [0.3, 0.4) is 0 Å². The van der Waals surface area contributed by atoms with Crippen molar-refractivity contribution in [3.05, 3.63) is 71.8 Å². The summed E-state index contributed by atoms with van der Waals surface area (Å²) in [7, 11) is -1.48. The molecule has 2 aromatic carbocycles. The Morgan fingerprint density at radius 3 is 2.12 bits per heavy atom. The van der Waals surface area contributed by atoms with Gasteiger partial charge in [-0.05, 0) is 42.7 Å². The molecule has 1 amide bonds. The molecule has 0 saturated heterocycles. The van der Waals surface area contributed by atoms with Crippen molar-refractivity contribution in [3.8, 4) is 0 Å². The first-order chi connectivity index (χ1) is 11.7. The molecule has 1 unspecified atom stereocenters. The van der Waals surface area contributed by atoms with Crippen LogP contribution in [0.1, 0.15) is 31.0 Å². The average molecular weight is 357 g/mol. The molecule has 0 bridgehead atoms. The quantitative estimate of drug-likeness (QED) is 0.767. The van der Waals surface area contributed by atoms with Gasteiger partial charge in [0.25, 0.3) is 0 Å². The van der Waals surface area contributed by atoms with E-state index in [4.69, 9.17) is 0 Å². The first kappa shape index (κ1) is 18.9. The van der Waals surface area contributed by atoms with E-state index in [1.165, 1.54) is 6.26 Å². The second-order valence-electron chi connectivity index (χ2n) is 6.16. The first-order valence-electron chi connectivity index (χ1n) is 8.00. The van der Waals surface area contributed by atoms with E-state index in [1.807, 2.05) is 44.2 Å². The van der Waals surface area contributed by atoms with Crippen LogP contribution < -0.4 is 0 Å². The number of carbonyl (C=O) groups excluding carboxylic acids is 1. The number of likely N-dealkylation sites (N-methyl/N-ethyl adjacent to an activating group) is 1. The van der Waals surface area contributed by atoms with Crippen LogP contribution in [-0.2, 0) is 14.6 Å². The lowest BCUT2D eigenvalue weighted by Crippen LogP contribution is -2.28. The molecular weight excluding hydrogens is 334 g/mol. The molecule has 1 atom stereocenters. The highest BCUT2D eigenvalue weighted by molar-refractivity contribution is 7.90. The van der Waals surface area contributed by atoms with Crippen molar-refractivity contribution in [3.63, 3.8) is 0 Å². The fraction of sp³-hybridized carbons (Fsp3) is 0.250. The van der Waals surface area contributed by atoms with Gasteiger partial charge < -0.3 is 4.90 Å². The van der Waals surface area contributed by atoms with Gasteiger partial charge in [-0.15, -0.1) is 0 Å². The van der Waals surface area contributed by atoms with Crippen molar-refractivity contribution in [2.24, 2.45) is 0 Å². The maximum absolute atomic E-state index is 12.5. The lowest BCUT2D eigenvalue weighted by Gasteiger charge is -2.24. The molecule has 0 saturated carbocycles. The van der Waals surface area contributed by atoms with Gasteiger partial charge in [-0.2, -0.15) is 0 Å². The van der Waals surface area contributed by atoms with E-state index in [9.17, 15) is 13.2 Å². The largest absolute Gasteiger partial charge is 0.335 e. The van der Waals surface area contributed by atoms with Crippen molar-refractivity contribution in [1.82, 2.24) is 4.90 Å². The van der Waals surface area contributed by atoms with E-state index in [-0.39, 0.29) is 16.8 Å². The summed E-state index contributed by atoms with van der Waals surface area (Å²) in [6, 6.07) is 16.2. The van der Waals surface area contributed by atoms with Crippen LogP contribution in [0.4, 0.5) is 0 Å². The van der Waals surface area contributed by atoms with E-state index in [0.717, 1.165) is 16.7 Å². The van der Waals surface area contributed by atoms with E-state index in [1.54, 1.807) is 42.3 Å². The molecule has 0 aromatic heterocycles. The number of nitrogens with zero attached hydrogens (tertiary/aromatic N) is 1. The molecule has 0 aliphatic rings. The molecule has 0 aliphatic carbocycles. The molecule has 25 heavy (non-hydrogen) atoms. The number of benzene rings is 2. The van der Waals surface area contributed by atoms with Gasteiger partial charge in [0, 0.05) is 19.4 Å². The first-order valence-corrected chi connectivity index (χ1v) is 9.90. The molecule has 2 rings (SSSR count). The maximum Gasteiger partial charge on any atom is 0.247 e. The van der Waals surface area contributed by atoms with Crippen LogP contribution in [0, 0.1) is 0 Å². The minimum atomic E-state index is -3.22. The van der Waals surface area contributed by atoms with Crippen LogP contribution in [-0.4, -0.2) is 32.5 Å². The highest BCUT2D eigenvalue weighted by Crippen LogP contribution is 2.22. The number of hydrogen-bond donors (Lipinski definition) is 0. The molecular formula is C20H23NO3S. The van der Waals surface area contributed by atoms with Gasteiger partial charge in [0.1, 0.15) is 0 Å². The number of hydrogen-bond acceptors (Lipinski definition) is 3. The van der Waals surface area contributed by atoms with Crippen molar-refractivity contribution in [2.75, 3.05) is 13.3 Å². The SMILES string of the molecule is C/C(=C\C(=O)N(C)C(C)c1ccc(S(C)(=O)=O)cc1)c1ccccc1. The van der Waals surface area contributed by atoms with Gasteiger partial charge >= 0.3 is 0 Å². The zero-order valence-electron chi connectivity index (χ0n) is 14.9. The summed E-state index contributed by atoms with van der Waals surface area (Å²) in [5.41, 5.74) is 2.79. The van der Waals surface area contributed by atoms with Crippen LogP contribution in [0.5, 0.6) is 0 Å². The Labute approximate surface area is 149 Å². The van der Waals surface area contributed by atoms with Crippen LogP contribution in [0.2, 0.25) is 0 Å². The minimum Gasteiger partial charge on any atom is -0.335 e. The summed E-state index contributed by atoms with van der Waals surface area (Å²) >= 11 is 0. The Morgan fingerprint density at radius 2 is 1.60 bits per heavy atom. The molecule has 0 radical (unpaired) electrons. The van der Waals surface area contributed by atoms with E-state index in [0.29, 0.717) is 0 Å². The summed E-state index contributed by atoms with van der Waals surface area (Å²) in [4.78, 5) is 14.4. The van der Waals surface area contributed by atoms with Crippen molar-refractivity contribution in [2.45, 2.75) is 24.8 Å². The molecule has 0 heterocycles. The number of carbonyl (C=O) groups is 1. The Morgan fingerprint density at radius 1 is 1.04 bits per heavy atom. The lowest BCUT2D eigenvalue weighted by molar-refractivity contribution is -0.126. The van der Waals surface area contributed by atoms with Crippen LogP contribution in [0.25, 0.3) is 5.57 Å². The number of sulfone groups is 1. The van der Waals surface area contributed by atoms with Gasteiger partial charge in [0.15, 0.2) is 9.84 Å². The van der Waals surface area contributed by atoms with E-state index in [2.05, 4.69) is 0 Å². The maximum atomic E-state index is 12.5. The normalized spacial score (nSPS) is 13.4. The Bertz CT molecular complexity index is 869. The smallest absolute Gasteiger partial charge is 0.247 e. The third-order valence-electron chi connectivity index (χ3n) is 4.29. The molecule has 4 nitrogen and oxygen atoms in total. The highest BCUT2D eigenvalue weighted by atomic mass is 32.2. The predicted octanol–water partition coefficient (Wildman–Crippen LogP) is 3.71. The molecule has 132 valence electrons. The van der Waals surface area contributed by atoms with Crippen LogP contribution >= 0.6 is 0 Å². The zero-order valence-corrected chi connectivity index (χ0v) is 15.7. The summed E-state index contributed by atoms with van der Waals surface area (Å²) in [5, 5.41) is 0. The van der Waals surface area contributed by atoms with Gasteiger partial charge in [0.2, 0.25) is 5.91 Å². The second kappa shape index (κ2) is 7.66. The summed E-state index contributed by atoms with van der Waals surface area (Å²) < 4.78 is 23.1. The van der Waals surface area contributed by atoms with E-state index < -0.39 is 9.84 Å². The van der Waals surface area contributed by atoms with Gasteiger partial charge in [-0.25, -0.2) is 8.42 Å². The van der Waals surface area contributed by atoms with Crippen molar-refractivity contribution in [1.29, 1.82) is 0 Å². The van der Waals surface area contributed by atoms with Gasteiger partial charge in [-0.1, -0.05) is 42.5 Å². The fourth-order valence-electron chi connectivity index (χ4n) is 2.48. The molecule has 0 fully saturated rings. The van der Waals surface area contributed by atoms with Crippen molar-refractivity contribution >= 4 is 21.3 Å². The number of amides is 1. The van der Waals surface area contributed by atoms with E-state index >= 15 is 0 Å². The third kappa shape index (κ3) is 4.79. The standard InChI is InChI=1S/C20H23NO3S/c1-15(17-8-6-5-7-9-17)14-20(22)21(3)16(2)18-10-12-19(13-11-18)25(4,23)24/h5-14,16H,1-4H3/b15-14+. The number of rotatable bonds is 5. The fourth-order valence-corrected chi connectivity index (χ4v) is 3.11. The molecule has 2 aromatic rings. The third-order valence-corrected chi connectivity index (χ3v) is 5.42. The Balaban J connectivity index is 2.16. The average Bonchev–Trinajstić information content (AvgIpc) is 2.60. The van der Waals surface area contributed by atoms with Gasteiger partial charge in [-0.3, -0.25) is 4.79 Å². The Hall–Kier alpha value is -2.40. The molecule has 0 spiro atoms. The van der Waals surface area contributed by atoms with Crippen LogP contribution in [0.15, 0.2) is 65.6 Å². The predicted molar refractivity (Wildman–Crippen MR) is 101 cm³/mol. The molecule has 0 aliphatic heterocycles. The second-order valence-corrected chi connectivity index (χ2v) is 8.18. The monoisotopic (exact) mass is 357 g/mol. The summed E-state index contributed by atoms with van der Waals surface area (Å²) in [6.07, 6.45) is 2.80. The highest BCUT2D eigenvalue weighted by Gasteiger charge is 2.17. The molecule has 5 heteroatoms. The van der Waals surface area contributed by atoms with Gasteiger partial charge in [0.05, 0.1) is 10.9 Å². The summed E-state index contributed by atoms with van der Waals surface area (Å²) in [5.74, 6) is -0.0963. The zero-order chi connectivity index (χ0) is 18.6. The summed E-state index contributed by atoms with van der Waals surface area (Å²) in [6.45, 7) is 3.83.